The minimum Gasteiger partial charge on any atom is -0.505 e. The highest BCUT2D eigenvalue weighted by Gasteiger charge is 2.31. The van der Waals surface area contributed by atoms with Crippen LogP contribution >= 0.6 is 10.8 Å². The van der Waals surface area contributed by atoms with Crippen molar-refractivity contribution in [1.29, 1.82) is 0 Å². The minimum absolute atomic E-state index is 0.0386. The number of aromatic nitrogens is 2. The van der Waals surface area contributed by atoms with Crippen molar-refractivity contribution in [2.75, 3.05) is 11.0 Å². The smallest absolute Gasteiger partial charge is 0.280 e. The van der Waals surface area contributed by atoms with Gasteiger partial charge in [0, 0.05) is 12.7 Å². The number of nitrogens with zero attached hydrogens (tertiary/aromatic N) is 3. The van der Waals surface area contributed by atoms with Crippen LogP contribution in [0.15, 0.2) is 51.2 Å². The Morgan fingerprint density at radius 3 is 2.64 bits per heavy atom. The molecule has 0 atom stereocenters. The summed E-state index contributed by atoms with van der Waals surface area (Å²) in [6.45, 7) is 4.45. The van der Waals surface area contributed by atoms with Crippen LogP contribution in [0.4, 0.5) is 11.4 Å². The zero-order chi connectivity index (χ0) is 24.1. The lowest BCUT2D eigenvalue weighted by Crippen LogP contribution is -2.38. The number of fused-ring (bicyclic) bond motifs is 2. The van der Waals surface area contributed by atoms with Gasteiger partial charge in [-0.1, -0.05) is 24.6 Å². The van der Waals surface area contributed by atoms with Crippen molar-refractivity contribution in [3.63, 3.8) is 0 Å². The van der Waals surface area contributed by atoms with Gasteiger partial charge in [0.25, 0.3) is 5.56 Å². The third kappa shape index (κ3) is 4.44. The molecule has 5 N–H and O–H groups in total. The molecule has 11 nitrogen and oxygen atoms in total. The van der Waals surface area contributed by atoms with Crippen LogP contribution < -0.4 is 15.0 Å². The first-order chi connectivity index (χ1) is 15.4. The molecule has 0 spiro atoms. The highest BCUT2D eigenvalue weighted by atomic mass is 32.3. The second-order valence-electron chi connectivity index (χ2n) is 8.24. The summed E-state index contributed by atoms with van der Waals surface area (Å²) in [6.07, 6.45) is 3.35. The molecule has 3 heterocycles. The van der Waals surface area contributed by atoms with Crippen LogP contribution in [-0.4, -0.2) is 43.9 Å². The maximum absolute atomic E-state index is 13.4. The van der Waals surface area contributed by atoms with E-state index in [4.69, 9.17) is 0 Å². The number of rotatable bonds is 6. The summed E-state index contributed by atoms with van der Waals surface area (Å²) in [4.78, 5) is 17.7. The van der Waals surface area contributed by atoms with Crippen LogP contribution in [0.1, 0.15) is 25.8 Å². The van der Waals surface area contributed by atoms with Gasteiger partial charge in [-0.15, -0.1) is 0 Å². The molecule has 0 fully saturated rings. The number of anilines is 1. The molecule has 3 aromatic rings. The fourth-order valence-electron chi connectivity index (χ4n) is 3.58. The Kier molecular flexibility index (Phi) is 5.68. The molecule has 1 aliphatic rings. The van der Waals surface area contributed by atoms with Gasteiger partial charge < -0.3 is 5.11 Å². The Balaban J connectivity index is 1.88. The Labute approximate surface area is 191 Å². The molecule has 1 aromatic carbocycles. The summed E-state index contributed by atoms with van der Waals surface area (Å²) >= 11 is 0. The summed E-state index contributed by atoms with van der Waals surface area (Å²) < 4.78 is 52.3. The molecule has 0 bridgehead atoms. The third-order valence-corrected chi connectivity index (χ3v) is 7.14. The van der Waals surface area contributed by atoms with Crippen LogP contribution in [0.3, 0.4) is 0 Å². The van der Waals surface area contributed by atoms with Gasteiger partial charge in [-0.2, -0.15) is 0 Å². The van der Waals surface area contributed by atoms with Gasteiger partial charge in [0.05, 0.1) is 17.6 Å². The van der Waals surface area contributed by atoms with E-state index >= 15 is 0 Å². The first kappa shape index (κ1) is 23.2. The topological polar surface area (TPSA) is 158 Å². The molecule has 2 aromatic heterocycles. The van der Waals surface area contributed by atoms with E-state index in [1.807, 2.05) is 13.8 Å². The predicted molar refractivity (Wildman–Crippen MR) is 128 cm³/mol. The number of aromatic hydroxyl groups is 1. The van der Waals surface area contributed by atoms with Gasteiger partial charge in [-0.3, -0.25) is 27.9 Å². The van der Waals surface area contributed by atoms with Gasteiger partial charge >= 0.3 is 0 Å². The molecule has 0 saturated heterocycles. The van der Waals surface area contributed by atoms with E-state index in [0.29, 0.717) is 24.4 Å². The van der Waals surface area contributed by atoms with E-state index in [9.17, 15) is 27.4 Å². The normalized spacial score (nSPS) is 16.2. The maximum atomic E-state index is 13.4. The zero-order valence-electron chi connectivity index (χ0n) is 18.2. The average molecular weight is 496 g/mol. The zero-order valence-corrected chi connectivity index (χ0v) is 19.8. The van der Waals surface area contributed by atoms with Gasteiger partial charge in [0.2, 0.25) is 10.0 Å². The molecular formula is C20H25N5O6S2. The Hall–Kier alpha value is -3.00. The molecule has 4 rings (SSSR count). The molecular weight excluding hydrogens is 470 g/mol. The van der Waals surface area contributed by atoms with E-state index < -0.39 is 26.4 Å². The average Bonchev–Trinajstić information content (AvgIpc) is 3.16. The Morgan fingerprint density at radius 2 is 1.97 bits per heavy atom. The highest BCUT2D eigenvalue weighted by molar-refractivity contribution is 8.23. The summed E-state index contributed by atoms with van der Waals surface area (Å²) in [5, 5.41) is 10.9. The number of nitrogens with one attached hydrogen (secondary N) is 2. The fourth-order valence-corrected chi connectivity index (χ4v) is 5.36. The highest BCUT2D eigenvalue weighted by Crippen LogP contribution is 2.52. The summed E-state index contributed by atoms with van der Waals surface area (Å²) in [6, 6.07) is 7.42. The molecule has 33 heavy (non-hydrogen) atoms. The van der Waals surface area contributed by atoms with E-state index in [-0.39, 0.29) is 33.4 Å². The molecule has 0 aliphatic carbocycles. The molecule has 0 unspecified atom stereocenters. The van der Waals surface area contributed by atoms with Crippen molar-refractivity contribution in [1.82, 2.24) is 13.9 Å². The lowest BCUT2D eigenvalue weighted by Gasteiger charge is -2.38. The lowest BCUT2D eigenvalue weighted by molar-refractivity contribution is 0.436. The van der Waals surface area contributed by atoms with E-state index in [2.05, 4.69) is 14.4 Å². The van der Waals surface area contributed by atoms with Crippen LogP contribution in [0.25, 0.3) is 5.52 Å². The number of aryl methyl sites for hydroxylation is 1. The van der Waals surface area contributed by atoms with Crippen molar-refractivity contribution in [3.8, 4) is 5.75 Å². The van der Waals surface area contributed by atoms with Gasteiger partial charge in [0.1, 0.15) is 16.0 Å². The standard InChI is InChI=1S/C20H25N5O6S2/c1-12(2)8-10-25-20(27)17(18(26)15-5-4-9-24(15)25)19-21-14-7-6-13(22-32(3,28)29)11-16(14)33(30,31)23-19/h4-7,9,11-12,22,26,30-31H,8,10H2,1-3H3,(H,21,23). The molecule has 1 aliphatic heterocycles. The van der Waals surface area contributed by atoms with Gasteiger partial charge in [-0.25, -0.2) is 18.1 Å². The van der Waals surface area contributed by atoms with Crippen molar-refractivity contribution in [2.24, 2.45) is 10.9 Å². The first-order valence-corrected chi connectivity index (χ1v) is 13.5. The largest absolute Gasteiger partial charge is 0.505 e. The SMILES string of the molecule is CC(C)CCn1c(=O)c(C2=Nc3ccc(NS(C)(=O)=O)cc3S(O)(O)N2)c(O)c2cccn21. The predicted octanol–water partition coefficient (Wildman–Crippen LogP) is 2.93. The first-order valence-electron chi connectivity index (χ1n) is 10.1. The summed E-state index contributed by atoms with van der Waals surface area (Å²) in [7, 11) is -7.29. The van der Waals surface area contributed by atoms with Crippen LogP contribution in [0.2, 0.25) is 0 Å². The van der Waals surface area contributed by atoms with Crippen LogP contribution in [-0.2, 0) is 16.6 Å². The molecule has 0 radical (unpaired) electrons. The van der Waals surface area contributed by atoms with E-state index in [1.165, 1.54) is 22.9 Å². The van der Waals surface area contributed by atoms with E-state index in [0.717, 1.165) is 6.26 Å². The van der Waals surface area contributed by atoms with E-state index in [1.54, 1.807) is 22.8 Å². The second-order valence-corrected chi connectivity index (χ2v) is 11.7. The Bertz CT molecular complexity index is 1440. The minimum atomic E-state index is -3.71. The van der Waals surface area contributed by atoms with Crippen molar-refractivity contribution < 1.29 is 22.6 Å². The number of amidine groups is 1. The third-order valence-electron chi connectivity index (χ3n) is 5.11. The van der Waals surface area contributed by atoms with Crippen LogP contribution in [0, 0.1) is 5.92 Å². The quantitative estimate of drug-likeness (QED) is 0.352. The number of benzene rings is 1. The van der Waals surface area contributed by atoms with Crippen molar-refractivity contribution >= 4 is 43.5 Å². The molecule has 0 saturated carbocycles. The Morgan fingerprint density at radius 1 is 1.24 bits per heavy atom. The number of hydrogen-bond donors (Lipinski definition) is 5. The summed E-state index contributed by atoms with van der Waals surface area (Å²) in [5.41, 5.74) is -0.102. The molecule has 13 heteroatoms. The number of aliphatic imine (C=N–C) groups is 1. The summed E-state index contributed by atoms with van der Waals surface area (Å²) in [5.74, 6) is -0.194. The second kappa shape index (κ2) is 8.09. The molecule has 0 amide bonds. The molecule has 178 valence electrons. The van der Waals surface area contributed by atoms with Gasteiger partial charge in [-0.05, 0) is 42.7 Å². The number of hydrogen-bond acceptors (Lipinski definition) is 8. The van der Waals surface area contributed by atoms with Crippen LogP contribution in [0.5, 0.6) is 5.75 Å². The fraction of sp³-hybridized carbons (Fsp3) is 0.300. The monoisotopic (exact) mass is 495 g/mol. The van der Waals surface area contributed by atoms with Crippen molar-refractivity contribution in [2.45, 2.75) is 31.7 Å². The lowest BCUT2D eigenvalue weighted by atomic mass is 10.1. The van der Waals surface area contributed by atoms with Gasteiger partial charge in [0.15, 0.2) is 11.6 Å². The van der Waals surface area contributed by atoms with Crippen molar-refractivity contribution in [3.05, 3.63) is 52.4 Å². The maximum Gasteiger partial charge on any atom is 0.280 e. The number of sulfonamides is 1.